The average Bonchev–Trinajstić information content (AvgIpc) is 3.60. The number of non-ortho nitro benzene ring substituents is 1. The first-order chi connectivity index (χ1) is 19.2. The van der Waals surface area contributed by atoms with Crippen LogP contribution in [-0.2, 0) is 13.0 Å². The molecule has 0 spiro atoms. The molecule has 0 aliphatic carbocycles. The summed E-state index contributed by atoms with van der Waals surface area (Å²) in [5.74, 6) is 1.89. The van der Waals surface area contributed by atoms with E-state index in [4.69, 9.17) is 18.9 Å². The van der Waals surface area contributed by atoms with Crippen molar-refractivity contribution >= 4 is 27.8 Å². The minimum absolute atomic E-state index is 0.294. The second-order valence-electron chi connectivity index (χ2n) is 8.85. The molecule has 4 heterocycles. The van der Waals surface area contributed by atoms with Gasteiger partial charge in [-0.25, -0.2) is 0 Å². The summed E-state index contributed by atoms with van der Waals surface area (Å²) in [5, 5.41) is 44.3. The molecule has 0 bridgehead atoms. The zero-order valence-electron chi connectivity index (χ0n) is 20.2. The lowest BCUT2D eigenvalue weighted by Crippen LogP contribution is -2.40. The number of aromatic nitrogens is 1. The van der Waals surface area contributed by atoms with Gasteiger partial charge in [-0.05, 0) is 35.2 Å². The zero-order valence-corrected chi connectivity index (χ0v) is 20.2. The Balaban J connectivity index is 0.000000159. The molecular formula is C25H16N4O11. The van der Waals surface area contributed by atoms with Gasteiger partial charge in [0.1, 0.15) is 0 Å². The number of ether oxygens (including phenoxy) is 4. The van der Waals surface area contributed by atoms with Gasteiger partial charge in [0.2, 0.25) is 19.3 Å². The highest BCUT2D eigenvalue weighted by molar-refractivity contribution is 5.92. The Morgan fingerprint density at radius 1 is 0.750 bits per heavy atom. The average molecular weight is 548 g/mol. The summed E-state index contributed by atoms with van der Waals surface area (Å²) >= 11 is 0. The van der Waals surface area contributed by atoms with E-state index in [-0.39, 0.29) is 0 Å². The van der Waals surface area contributed by atoms with Gasteiger partial charge in [0.05, 0.1) is 43.6 Å². The first-order valence-corrected chi connectivity index (χ1v) is 11.7. The lowest BCUT2D eigenvalue weighted by Gasteiger charge is -2.16. The molecule has 202 valence electrons. The van der Waals surface area contributed by atoms with E-state index in [1.165, 1.54) is 16.8 Å². The molecular weight excluding hydrogens is 532 g/mol. The molecule has 0 amide bonds. The second kappa shape index (κ2) is 9.23. The lowest BCUT2D eigenvalue weighted by atomic mass is 9.95. The molecule has 4 aromatic rings. The maximum Gasteiger partial charge on any atom is 0.283 e. The first-order valence-electron chi connectivity index (χ1n) is 11.7. The minimum Gasteiger partial charge on any atom is -0.863 e. The van der Waals surface area contributed by atoms with Crippen LogP contribution in [-0.4, -0.2) is 28.4 Å². The Kier molecular flexibility index (Phi) is 5.68. The highest BCUT2D eigenvalue weighted by Gasteiger charge is 2.29. The van der Waals surface area contributed by atoms with Crippen LogP contribution in [0.1, 0.15) is 5.56 Å². The largest absolute Gasteiger partial charge is 0.863 e. The van der Waals surface area contributed by atoms with E-state index in [0.717, 1.165) is 46.7 Å². The number of benzene rings is 3. The van der Waals surface area contributed by atoms with Crippen LogP contribution in [0.5, 0.6) is 28.7 Å². The van der Waals surface area contributed by atoms with Gasteiger partial charge in [0, 0.05) is 12.5 Å². The van der Waals surface area contributed by atoms with E-state index in [1.54, 1.807) is 0 Å². The Hall–Kier alpha value is -5.73. The lowest BCUT2D eigenvalue weighted by molar-refractivity contribution is -0.686. The Morgan fingerprint density at radius 2 is 1.40 bits per heavy atom. The number of hydrogen-bond donors (Lipinski definition) is 0. The summed E-state index contributed by atoms with van der Waals surface area (Å²) in [6.45, 7) is 1.53. The fourth-order valence-electron chi connectivity index (χ4n) is 4.77. The molecule has 0 saturated heterocycles. The molecule has 0 saturated carbocycles. The minimum atomic E-state index is -1.46. The third-order valence-corrected chi connectivity index (χ3v) is 6.63. The van der Waals surface area contributed by atoms with Crippen LogP contribution in [0.15, 0.2) is 48.7 Å². The summed E-state index contributed by atoms with van der Waals surface area (Å²) in [5.41, 5.74) is 0.449. The maximum atomic E-state index is 11.1. The molecule has 15 nitrogen and oxygen atoms in total. The molecule has 0 radical (unpaired) electrons. The number of rotatable bonds is 3. The Bertz CT molecular complexity index is 1740. The maximum absolute atomic E-state index is 11.1. The fraction of sp³-hybridized carbons (Fsp3) is 0.160. The predicted octanol–water partition coefficient (Wildman–Crippen LogP) is 3.29. The van der Waals surface area contributed by atoms with Crippen LogP contribution in [0, 0.1) is 30.3 Å². The zero-order chi connectivity index (χ0) is 28.1. The molecule has 0 fully saturated rings. The molecule has 3 aliphatic rings. The van der Waals surface area contributed by atoms with E-state index >= 15 is 0 Å². The molecule has 1 aromatic heterocycles. The third-order valence-electron chi connectivity index (χ3n) is 6.63. The van der Waals surface area contributed by atoms with Crippen molar-refractivity contribution in [1.82, 2.24) is 0 Å². The molecule has 3 aromatic carbocycles. The number of nitro groups is 3. The van der Waals surface area contributed by atoms with Crippen molar-refractivity contribution in [3.63, 3.8) is 0 Å². The summed E-state index contributed by atoms with van der Waals surface area (Å²) in [6, 6.07) is 11.3. The quantitative estimate of drug-likeness (QED) is 0.207. The number of hydrogen-bond acceptors (Lipinski definition) is 11. The highest BCUT2D eigenvalue weighted by Crippen LogP contribution is 2.43. The van der Waals surface area contributed by atoms with E-state index in [2.05, 4.69) is 35.0 Å². The molecule has 15 heteroatoms. The van der Waals surface area contributed by atoms with Crippen molar-refractivity contribution in [3.8, 4) is 40.0 Å². The predicted molar refractivity (Wildman–Crippen MR) is 131 cm³/mol. The normalized spacial score (nSPS) is 13.6. The van der Waals surface area contributed by atoms with E-state index < -0.39 is 37.6 Å². The third kappa shape index (κ3) is 4.05. The van der Waals surface area contributed by atoms with Crippen molar-refractivity contribution in [2.75, 3.05) is 13.6 Å². The summed E-state index contributed by atoms with van der Waals surface area (Å²) in [4.78, 5) is 27.5. The van der Waals surface area contributed by atoms with Gasteiger partial charge < -0.3 is 24.1 Å². The van der Waals surface area contributed by atoms with Crippen molar-refractivity contribution in [3.05, 3.63) is 84.6 Å². The van der Waals surface area contributed by atoms with Crippen LogP contribution in [0.3, 0.4) is 0 Å². The van der Waals surface area contributed by atoms with Gasteiger partial charge in [0.25, 0.3) is 17.1 Å². The van der Waals surface area contributed by atoms with Gasteiger partial charge in [-0.1, -0.05) is 0 Å². The van der Waals surface area contributed by atoms with E-state index in [9.17, 15) is 35.4 Å². The fourth-order valence-corrected chi connectivity index (χ4v) is 4.77. The monoisotopic (exact) mass is 548 g/mol. The topological polar surface area (TPSA) is 193 Å². The Morgan fingerprint density at radius 3 is 2.08 bits per heavy atom. The molecule has 0 N–H and O–H groups in total. The van der Waals surface area contributed by atoms with Gasteiger partial charge in [-0.3, -0.25) is 30.3 Å². The summed E-state index contributed by atoms with van der Waals surface area (Å²) in [6.07, 6.45) is 3.15. The molecule has 40 heavy (non-hydrogen) atoms. The number of pyridine rings is 1. The first kappa shape index (κ1) is 24.6. The van der Waals surface area contributed by atoms with Gasteiger partial charge in [0.15, 0.2) is 35.7 Å². The van der Waals surface area contributed by atoms with Crippen LogP contribution in [0.2, 0.25) is 0 Å². The number of aryl methyl sites for hydroxylation is 2. The molecule has 7 rings (SSSR count). The van der Waals surface area contributed by atoms with Gasteiger partial charge in [-0.2, -0.15) is 4.57 Å². The number of nitro benzene ring substituents is 3. The molecule has 0 atom stereocenters. The second-order valence-corrected chi connectivity index (χ2v) is 8.85. The van der Waals surface area contributed by atoms with Crippen LogP contribution >= 0.6 is 0 Å². The van der Waals surface area contributed by atoms with Crippen LogP contribution < -0.4 is 28.6 Å². The summed E-state index contributed by atoms with van der Waals surface area (Å²) in [7, 11) is 0. The van der Waals surface area contributed by atoms with Gasteiger partial charge in [-0.15, -0.1) is 0 Å². The number of nitrogens with zero attached hydrogens (tertiary/aromatic N) is 4. The standard InChI is InChI=1S/C19H14NO4.C6H3N3O7/c1-2-16-19(24-10-21-16)14-8-20-4-3-12-6-17-18(23-9-22-17)7-13(12)15(20)5-11(1)14;10-6-4(8(13)14)1-3(7(11)12)2-5(6)9(15)16/h1-2,5-8H,3-4,9-10H2;1-2,10H/q+1;/p-1. The van der Waals surface area contributed by atoms with Crippen molar-refractivity contribution in [2.45, 2.75) is 13.0 Å². The number of fused-ring (bicyclic) bond motifs is 7. The van der Waals surface area contributed by atoms with Crippen LogP contribution in [0.4, 0.5) is 17.1 Å². The van der Waals surface area contributed by atoms with Crippen molar-refractivity contribution in [2.24, 2.45) is 0 Å². The molecule has 0 unspecified atom stereocenters. The van der Waals surface area contributed by atoms with Crippen molar-refractivity contribution < 1.29 is 43.4 Å². The Labute approximate surface area is 222 Å². The van der Waals surface area contributed by atoms with Crippen LogP contribution in [0.25, 0.3) is 22.0 Å². The highest BCUT2D eigenvalue weighted by atomic mass is 16.7. The van der Waals surface area contributed by atoms with E-state index in [0.29, 0.717) is 25.7 Å². The van der Waals surface area contributed by atoms with Gasteiger partial charge >= 0.3 is 0 Å². The molecule has 3 aliphatic heterocycles. The SMILES string of the molecule is O=[N+]([O-])c1cc([N+](=O)[O-])c([O-])c([N+](=O)[O-])c1.c1c2c(cc3c1OCO3)-c1cc3ccc4c(c3c[n+]1CC2)OCO4. The van der Waals surface area contributed by atoms with E-state index in [1.807, 2.05) is 6.07 Å². The smallest absolute Gasteiger partial charge is 0.283 e. The van der Waals surface area contributed by atoms with Crippen molar-refractivity contribution in [1.29, 1.82) is 0 Å². The summed E-state index contributed by atoms with van der Waals surface area (Å²) < 4.78 is 24.5.